The molecular weight excluding hydrogens is 843 g/mol. The van der Waals surface area contributed by atoms with E-state index in [9.17, 15) is 24.4 Å². The Kier molecular flexibility index (Phi) is 11.0. The highest BCUT2D eigenvalue weighted by molar-refractivity contribution is 6.01. The molecule has 0 unspecified atom stereocenters. The van der Waals surface area contributed by atoms with E-state index in [1.54, 1.807) is 24.4 Å². The van der Waals surface area contributed by atoms with Gasteiger partial charge in [0.15, 0.2) is 0 Å². The third-order valence-corrected chi connectivity index (χ3v) is 15.5. The molecule has 3 aromatic carbocycles. The molecule has 14 heteroatoms. The molecule has 0 radical (unpaired) electrons. The summed E-state index contributed by atoms with van der Waals surface area (Å²) in [6.07, 6.45) is 8.09. The van der Waals surface area contributed by atoms with Crippen LogP contribution in [0.15, 0.2) is 65.8 Å². The van der Waals surface area contributed by atoms with Crippen LogP contribution in [0, 0.1) is 40.4 Å². The molecule has 2 amide bonds. The minimum Gasteiger partial charge on any atom is -0.469 e. The number of esters is 2. The number of ether oxygens (including phenoxy) is 2. The Hall–Kier alpha value is -6.23. The van der Waals surface area contributed by atoms with Crippen LogP contribution in [0.2, 0.25) is 0 Å². The van der Waals surface area contributed by atoms with Crippen molar-refractivity contribution >= 4 is 35.2 Å². The summed E-state index contributed by atoms with van der Waals surface area (Å²) in [6.45, 7) is 4.46. The van der Waals surface area contributed by atoms with Crippen molar-refractivity contribution in [3.05, 3.63) is 83.3 Å². The number of nitrogens with one attached hydrogen (secondary N) is 1. The highest BCUT2D eigenvalue weighted by atomic mass is 19.3. The number of hydrogen-bond acceptors (Lipinski definition) is 9. The van der Waals surface area contributed by atoms with Gasteiger partial charge in [0.05, 0.1) is 68.7 Å². The van der Waals surface area contributed by atoms with E-state index in [1.807, 2.05) is 54.0 Å². The molecule has 6 atom stereocenters. The average Bonchev–Trinajstić information content (AvgIpc) is 3.98. The van der Waals surface area contributed by atoms with Gasteiger partial charge in [0.25, 0.3) is 5.92 Å². The van der Waals surface area contributed by atoms with E-state index < -0.39 is 29.7 Å². The number of nitriles is 1. The van der Waals surface area contributed by atoms with E-state index in [1.165, 1.54) is 20.3 Å². The Morgan fingerprint density at radius 2 is 1.59 bits per heavy atom. The first-order valence-electron chi connectivity index (χ1n) is 23.3. The number of alkyl halides is 2. The molecule has 4 heterocycles. The van der Waals surface area contributed by atoms with Gasteiger partial charge in [-0.15, -0.1) is 0 Å². The number of nitrogens with zero attached hydrogens (tertiary/aromatic N) is 5. The van der Waals surface area contributed by atoms with E-state index >= 15 is 8.78 Å². The summed E-state index contributed by atoms with van der Waals surface area (Å²) in [5.74, 6) is -4.78. The summed E-state index contributed by atoms with van der Waals surface area (Å²) >= 11 is 0. The topological polar surface area (TPSA) is 158 Å². The predicted molar refractivity (Wildman–Crippen MR) is 241 cm³/mol. The summed E-state index contributed by atoms with van der Waals surface area (Å²) in [6, 6.07) is 17.8. The lowest BCUT2D eigenvalue weighted by molar-refractivity contribution is -0.148. The minimum atomic E-state index is -3.28. The fourth-order valence-corrected chi connectivity index (χ4v) is 11.7. The van der Waals surface area contributed by atoms with Gasteiger partial charge >= 0.3 is 11.9 Å². The van der Waals surface area contributed by atoms with E-state index in [0.29, 0.717) is 46.7 Å². The number of likely N-dealkylation sites (tertiary alicyclic amines) is 2. The Balaban J connectivity index is 0.866. The highest BCUT2D eigenvalue weighted by Crippen LogP contribution is 2.59. The molecule has 4 aromatic rings. The van der Waals surface area contributed by atoms with Crippen LogP contribution in [0.25, 0.3) is 33.5 Å². The summed E-state index contributed by atoms with van der Waals surface area (Å²) in [7, 11) is 2.63. The Labute approximate surface area is 382 Å². The zero-order valence-corrected chi connectivity index (χ0v) is 37.7. The molecule has 1 N–H and O–H groups in total. The lowest BCUT2D eigenvalue weighted by Gasteiger charge is -2.37. The maximum atomic E-state index is 16.7. The smallest absolute Gasteiger partial charge is 0.306 e. The summed E-state index contributed by atoms with van der Waals surface area (Å²) < 4.78 is 43.2. The van der Waals surface area contributed by atoms with Crippen molar-refractivity contribution < 1.29 is 37.4 Å². The molecule has 3 aliphatic heterocycles. The standard InChI is InChI=1S/C52H54F2N6O6/c1-28(2)38(24-46(62)66-4)50(64)59-27-51(15-16-51)25-44(59)48-56-26-43(58-48)31-9-13-37-36-12-8-30(20-39(36)52(53,54)40(37)21-31)29-10-14-41-34(18-29)22-42(57-41)47-32-7-11-35(19-32)60(47)49(63)33(6-5-17-55)23-45(61)65-3/h8-10,12-14,18,20-21,26,28,32-33,35,38,44,47H,5-7,11,15-16,19,22-25,27H2,1-4H3,(H,56,58)/t32-,33+,35+,38+,44-,47-/m0/s1. The molecule has 2 saturated heterocycles. The fourth-order valence-electron chi connectivity index (χ4n) is 11.7. The van der Waals surface area contributed by atoms with Gasteiger partial charge in [-0.3, -0.25) is 24.2 Å². The first kappa shape index (κ1) is 43.7. The van der Waals surface area contributed by atoms with E-state index in [-0.39, 0.29) is 84.0 Å². The van der Waals surface area contributed by atoms with Gasteiger partial charge in [-0.1, -0.05) is 44.2 Å². The van der Waals surface area contributed by atoms with Crippen molar-refractivity contribution in [3.63, 3.8) is 0 Å². The van der Waals surface area contributed by atoms with Crippen molar-refractivity contribution in [2.75, 3.05) is 20.8 Å². The van der Waals surface area contributed by atoms with Gasteiger partial charge in [0, 0.05) is 53.7 Å². The van der Waals surface area contributed by atoms with Crippen molar-refractivity contribution in [2.45, 2.75) is 109 Å². The number of rotatable bonds is 13. The fraction of sp³-hybridized carbons (Fsp3) is 0.481. The van der Waals surface area contributed by atoms with Gasteiger partial charge in [-0.05, 0) is 114 Å². The molecule has 2 saturated carbocycles. The highest BCUT2D eigenvalue weighted by Gasteiger charge is 2.56. The lowest BCUT2D eigenvalue weighted by Crippen LogP contribution is -2.51. The monoisotopic (exact) mass is 896 g/mol. The predicted octanol–water partition coefficient (Wildman–Crippen LogP) is 9.24. The molecule has 4 fully saturated rings. The Bertz CT molecular complexity index is 2730. The van der Waals surface area contributed by atoms with Gasteiger partial charge in [0.1, 0.15) is 5.82 Å². The molecular formula is C52H54F2N6O6. The van der Waals surface area contributed by atoms with E-state index in [4.69, 9.17) is 19.5 Å². The molecule has 1 spiro atoms. The van der Waals surface area contributed by atoms with Crippen LogP contribution in [0.1, 0.15) is 107 Å². The molecule has 12 nitrogen and oxygen atoms in total. The first-order valence-corrected chi connectivity index (χ1v) is 23.3. The van der Waals surface area contributed by atoms with Crippen molar-refractivity contribution in [1.82, 2.24) is 19.8 Å². The first-order chi connectivity index (χ1) is 31.7. The Morgan fingerprint density at radius 3 is 2.29 bits per heavy atom. The van der Waals surface area contributed by atoms with E-state index in [0.717, 1.165) is 61.1 Å². The van der Waals surface area contributed by atoms with Gasteiger partial charge in [0.2, 0.25) is 11.8 Å². The number of H-pyrrole nitrogens is 1. The molecule has 3 aliphatic carbocycles. The number of carbonyl (C=O) groups excluding carboxylic acids is 4. The number of aromatic amines is 1. The summed E-state index contributed by atoms with van der Waals surface area (Å²) in [5.41, 5.74) is 6.08. The second-order valence-corrected chi connectivity index (χ2v) is 19.8. The van der Waals surface area contributed by atoms with Crippen molar-refractivity contribution in [1.29, 1.82) is 5.26 Å². The Morgan fingerprint density at radius 1 is 0.909 bits per heavy atom. The average molecular weight is 897 g/mol. The van der Waals surface area contributed by atoms with Crippen molar-refractivity contribution in [3.8, 4) is 39.6 Å². The van der Waals surface area contributed by atoms with Crippen LogP contribution in [0.4, 0.5) is 14.5 Å². The van der Waals surface area contributed by atoms with Gasteiger partial charge in [-0.25, -0.2) is 4.98 Å². The van der Waals surface area contributed by atoms with Gasteiger partial charge < -0.3 is 24.3 Å². The maximum Gasteiger partial charge on any atom is 0.306 e. The second-order valence-electron chi connectivity index (χ2n) is 19.8. The molecule has 1 aromatic heterocycles. The van der Waals surface area contributed by atoms with Crippen LogP contribution >= 0.6 is 0 Å². The largest absolute Gasteiger partial charge is 0.469 e. The number of hydrogen-bond donors (Lipinski definition) is 1. The number of fused-ring (bicyclic) bond motifs is 6. The quantitative estimate of drug-likeness (QED) is 0.130. The van der Waals surface area contributed by atoms with Crippen molar-refractivity contribution in [2.24, 2.45) is 34.1 Å². The zero-order chi connectivity index (χ0) is 46.2. The third-order valence-electron chi connectivity index (χ3n) is 15.5. The van der Waals surface area contributed by atoms with Crippen LogP contribution in [0.3, 0.4) is 0 Å². The number of halogens is 2. The number of carbonyl (C=O) groups is 4. The number of amides is 2. The lowest BCUT2D eigenvalue weighted by atomic mass is 9.89. The number of benzene rings is 3. The van der Waals surface area contributed by atoms with Crippen LogP contribution in [0.5, 0.6) is 0 Å². The number of methoxy groups -OCH3 is 2. The van der Waals surface area contributed by atoms with Crippen LogP contribution in [-0.4, -0.2) is 82.1 Å². The third kappa shape index (κ3) is 7.48. The number of imidazole rings is 1. The van der Waals surface area contributed by atoms with Crippen LogP contribution < -0.4 is 0 Å². The molecule has 66 heavy (non-hydrogen) atoms. The number of aliphatic imine (C=N–C) groups is 1. The number of piperidine rings is 1. The molecule has 6 aliphatic rings. The summed E-state index contributed by atoms with van der Waals surface area (Å²) in [4.78, 5) is 69.7. The minimum absolute atomic E-state index is 0.00286. The maximum absolute atomic E-state index is 16.7. The molecule has 342 valence electrons. The van der Waals surface area contributed by atoms with Gasteiger partial charge in [-0.2, -0.15) is 14.0 Å². The van der Waals surface area contributed by atoms with Crippen LogP contribution in [-0.2, 0) is 41.0 Å². The summed E-state index contributed by atoms with van der Waals surface area (Å²) in [5, 5.41) is 9.28. The SMILES string of the molecule is COC(=O)C[C@@H](CCC#N)C(=O)N1[C@@H]2CC[C@@H](C2)[C@H]1C1=Nc2ccc(-c3ccc4c(c3)C(F)(F)c3cc(-c5cnc([C@@H]6CC7(CC7)CN6C(=O)[C@H](CC(=O)OC)C(C)C)[nH]5)ccc3-4)cc2C1. The van der Waals surface area contributed by atoms with E-state index in [2.05, 4.69) is 11.1 Å². The second kappa shape index (κ2) is 16.6. The number of aromatic nitrogens is 2. The zero-order valence-electron chi connectivity index (χ0n) is 37.7. The normalized spacial score (nSPS) is 23.3. The molecule has 2 bridgehead atoms. The molecule has 10 rings (SSSR count).